The van der Waals surface area contributed by atoms with E-state index in [1.807, 2.05) is 30.3 Å². The van der Waals surface area contributed by atoms with Gasteiger partial charge in [-0.15, -0.1) is 0 Å². The molecule has 2 aliphatic carbocycles. The van der Waals surface area contributed by atoms with Crippen LogP contribution in [0.5, 0.6) is 0 Å². The van der Waals surface area contributed by atoms with Crippen molar-refractivity contribution in [3.8, 4) is 6.07 Å². The molecule has 6 heteroatoms. The lowest BCUT2D eigenvalue weighted by Crippen LogP contribution is -2.46. The molecular formula is C23H25N3O3. The number of nitrogens with zero attached hydrogens (tertiary/aromatic N) is 2. The number of ether oxygens (including phenoxy) is 2. The lowest BCUT2D eigenvalue weighted by molar-refractivity contribution is -0.144. The second-order valence-corrected chi connectivity index (χ2v) is 7.59. The van der Waals surface area contributed by atoms with E-state index < -0.39 is 11.5 Å². The van der Waals surface area contributed by atoms with Gasteiger partial charge in [-0.1, -0.05) is 30.3 Å². The Balaban J connectivity index is 1.96. The smallest absolute Gasteiger partial charge is 0.254 e. The molecule has 0 fully saturated rings. The van der Waals surface area contributed by atoms with Gasteiger partial charge in [0.2, 0.25) is 0 Å². The van der Waals surface area contributed by atoms with Crippen LogP contribution in [0.3, 0.4) is 0 Å². The maximum absolute atomic E-state index is 12.8. The summed E-state index contributed by atoms with van der Waals surface area (Å²) in [6, 6.07) is 12.2. The van der Waals surface area contributed by atoms with Crippen molar-refractivity contribution in [3.05, 3.63) is 64.2 Å². The van der Waals surface area contributed by atoms with Crippen LogP contribution >= 0.6 is 0 Å². The van der Waals surface area contributed by atoms with Gasteiger partial charge in [0.25, 0.3) is 5.91 Å². The number of nitrogens with two attached hydrogens (primary N) is 1. The molecule has 2 aliphatic rings. The molecule has 0 bridgehead atoms. The molecule has 29 heavy (non-hydrogen) atoms. The number of nitriles is 1. The van der Waals surface area contributed by atoms with Crippen molar-refractivity contribution in [2.45, 2.75) is 44.2 Å². The van der Waals surface area contributed by atoms with Crippen LogP contribution in [0, 0.1) is 11.3 Å². The molecule has 0 aliphatic heterocycles. The Kier molecular flexibility index (Phi) is 5.16. The van der Waals surface area contributed by atoms with E-state index in [2.05, 4.69) is 16.7 Å². The van der Waals surface area contributed by atoms with Gasteiger partial charge >= 0.3 is 0 Å². The highest BCUT2D eigenvalue weighted by Crippen LogP contribution is 2.46. The number of rotatable bonds is 6. The van der Waals surface area contributed by atoms with Gasteiger partial charge in [-0.3, -0.25) is 4.79 Å². The van der Waals surface area contributed by atoms with E-state index in [9.17, 15) is 4.79 Å². The molecule has 1 amide bonds. The summed E-state index contributed by atoms with van der Waals surface area (Å²) in [4.78, 5) is 12.8. The average Bonchev–Trinajstić information content (AvgIpc) is 3.06. The monoisotopic (exact) mass is 391 g/mol. The van der Waals surface area contributed by atoms with Crippen LogP contribution in [-0.2, 0) is 39.3 Å². The van der Waals surface area contributed by atoms with Crippen LogP contribution in [-0.4, -0.2) is 24.2 Å². The molecule has 2 aromatic rings. The van der Waals surface area contributed by atoms with E-state index in [0.717, 1.165) is 42.5 Å². The summed E-state index contributed by atoms with van der Waals surface area (Å²) < 4.78 is 13.7. The number of carbonyl (C=O) groups excluding carboxylic acids is 1. The Labute approximate surface area is 170 Å². The Morgan fingerprint density at radius 2 is 2.03 bits per heavy atom. The summed E-state index contributed by atoms with van der Waals surface area (Å²) >= 11 is 0. The van der Waals surface area contributed by atoms with E-state index in [0.29, 0.717) is 12.3 Å². The second kappa shape index (κ2) is 7.76. The molecule has 1 heterocycles. The molecule has 0 radical (unpaired) electrons. The number of primary amides is 1. The van der Waals surface area contributed by atoms with Crippen LogP contribution in [0.1, 0.15) is 47.3 Å². The highest BCUT2D eigenvalue weighted by molar-refractivity contribution is 5.89. The molecule has 1 atom stereocenters. The third kappa shape index (κ3) is 3.22. The molecule has 4 rings (SSSR count). The van der Waals surface area contributed by atoms with Crippen LogP contribution in [0.2, 0.25) is 0 Å². The molecule has 1 aromatic heterocycles. The zero-order valence-electron chi connectivity index (χ0n) is 16.6. The molecule has 6 nitrogen and oxygen atoms in total. The summed E-state index contributed by atoms with van der Waals surface area (Å²) in [7, 11) is 1.58. The fraction of sp³-hybridized carbons (Fsp3) is 0.391. The van der Waals surface area contributed by atoms with Crippen molar-refractivity contribution in [1.29, 1.82) is 5.26 Å². The average molecular weight is 391 g/mol. The van der Waals surface area contributed by atoms with Crippen molar-refractivity contribution in [2.75, 3.05) is 13.7 Å². The van der Waals surface area contributed by atoms with Crippen molar-refractivity contribution in [1.82, 2.24) is 4.57 Å². The molecular weight excluding hydrogens is 366 g/mol. The summed E-state index contributed by atoms with van der Waals surface area (Å²) in [5.41, 5.74) is 9.80. The molecule has 150 valence electrons. The van der Waals surface area contributed by atoms with Crippen molar-refractivity contribution < 1.29 is 14.3 Å². The number of aromatic nitrogens is 1. The van der Waals surface area contributed by atoms with Gasteiger partial charge in [-0.25, -0.2) is 0 Å². The van der Waals surface area contributed by atoms with Crippen molar-refractivity contribution in [2.24, 2.45) is 5.73 Å². The zero-order chi connectivity index (χ0) is 20.4. The lowest BCUT2D eigenvalue weighted by atomic mass is 9.79. The SMILES string of the molecule is COC1=Cc2c(c3c(n2Cc2ccccc2)CCCC3)C(OCC#N)(C(N)=O)C1. The number of fused-ring (bicyclic) bond motifs is 3. The fourth-order valence-corrected chi connectivity index (χ4v) is 4.67. The second-order valence-electron chi connectivity index (χ2n) is 7.59. The summed E-state index contributed by atoms with van der Waals surface area (Å²) in [6.45, 7) is 0.483. The first-order valence-corrected chi connectivity index (χ1v) is 9.94. The zero-order valence-corrected chi connectivity index (χ0v) is 16.6. The van der Waals surface area contributed by atoms with E-state index in [4.69, 9.17) is 20.5 Å². The Morgan fingerprint density at radius 3 is 2.72 bits per heavy atom. The van der Waals surface area contributed by atoms with E-state index in [1.54, 1.807) is 7.11 Å². The molecule has 2 N–H and O–H groups in total. The van der Waals surface area contributed by atoms with Gasteiger partial charge in [0.05, 0.1) is 18.9 Å². The summed E-state index contributed by atoms with van der Waals surface area (Å²) in [5.74, 6) is 0.0419. The van der Waals surface area contributed by atoms with Gasteiger partial charge in [0.15, 0.2) is 5.60 Å². The van der Waals surface area contributed by atoms with Crippen LogP contribution in [0.25, 0.3) is 6.08 Å². The molecule has 0 spiro atoms. The predicted octanol–water partition coefficient (Wildman–Crippen LogP) is 3.03. The minimum Gasteiger partial charge on any atom is -0.501 e. The van der Waals surface area contributed by atoms with Crippen LogP contribution in [0.15, 0.2) is 36.1 Å². The quantitative estimate of drug-likeness (QED) is 0.819. The predicted molar refractivity (Wildman–Crippen MR) is 109 cm³/mol. The Hall–Kier alpha value is -3.04. The number of carbonyl (C=O) groups is 1. The minimum atomic E-state index is -1.38. The van der Waals surface area contributed by atoms with Crippen LogP contribution < -0.4 is 5.73 Å². The first kappa shape index (κ1) is 19.3. The normalized spacial score (nSPS) is 20.2. The number of amides is 1. The summed E-state index contributed by atoms with van der Waals surface area (Å²) in [6.07, 6.45) is 6.18. The highest BCUT2D eigenvalue weighted by atomic mass is 16.5. The molecule has 1 aromatic carbocycles. The van der Waals surface area contributed by atoms with Gasteiger partial charge < -0.3 is 19.8 Å². The number of hydrogen-bond donors (Lipinski definition) is 1. The third-order valence-corrected chi connectivity index (χ3v) is 5.96. The third-order valence-electron chi connectivity index (χ3n) is 5.96. The van der Waals surface area contributed by atoms with Gasteiger partial charge in [0.1, 0.15) is 12.4 Å². The molecule has 0 saturated carbocycles. The van der Waals surface area contributed by atoms with E-state index >= 15 is 0 Å². The molecule has 1 unspecified atom stereocenters. The first-order chi connectivity index (χ1) is 14.1. The molecule has 0 saturated heterocycles. The van der Waals surface area contributed by atoms with Gasteiger partial charge in [-0.2, -0.15) is 5.26 Å². The first-order valence-electron chi connectivity index (χ1n) is 9.94. The topological polar surface area (TPSA) is 90.3 Å². The van der Waals surface area contributed by atoms with Crippen molar-refractivity contribution in [3.63, 3.8) is 0 Å². The largest absolute Gasteiger partial charge is 0.501 e. The number of methoxy groups -OCH3 is 1. The standard InChI is InChI=1S/C23H25N3O3/c1-28-17-13-20-21(23(14-17,22(25)27)29-12-11-24)18-9-5-6-10-19(18)26(20)15-16-7-3-2-4-8-16/h2-4,7-8,13H,5-6,9-10,12,14-15H2,1H3,(H2,25,27). The number of hydrogen-bond acceptors (Lipinski definition) is 4. The summed E-state index contributed by atoms with van der Waals surface area (Å²) in [5, 5.41) is 9.12. The Bertz CT molecular complexity index is 1000. The van der Waals surface area contributed by atoms with Gasteiger partial charge in [0, 0.05) is 30.3 Å². The van der Waals surface area contributed by atoms with E-state index in [1.165, 1.54) is 11.3 Å². The van der Waals surface area contributed by atoms with Gasteiger partial charge in [-0.05, 0) is 36.8 Å². The minimum absolute atomic E-state index is 0.204. The maximum Gasteiger partial charge on any atom is 0.254 e. The highest BCUT2D eigenvalue weighted by Gasteiger charge is 2.49. The Morgan fingerprint density at radius 1 is 1.28 bits per heavy atom. The lowest BCUT2D eigenvalue weighted by Gasteiger charge is -2.35. The maximum atomic E-state index is 12.8. The fourth-order valence-electron chi connectivity index (χ4n) is 4.67. The van der Waals surface area contributed by atoms with Crippen LogP contribution in [0.4, 0.5) is 0 Å². The number of benzene rings is 1. The van der Waals surface area contributed by atoms with E-state index in [-0.39, 0.29) is 13.0 Å². The van der Waals surface area contributed by atoms with Crippen molar-refractivity contribution >= 4 is 12.0 Å².